The topological polar surface area (TPSA) is 73.1 Å². The minimum Gasteiger partial charge on any atom is -0.618 e. The quantitative estimate of drug-likeness (QED) is 0.527. The summed E-state index contributed by atoms with van der Waals surface area (Å²) in [5.74, 6) is -1.37. The van der Waals surface area contributed by atoms with E-state index in [-0.39, 0.29) is 12.1 Å². The van der Waals surface area contributed by atoms with Gasteiger partial charge < -0.3 is 10.5 Å². The highest BCUT2D eigenvalue weighted by Crippen LogP contribution is 2.14. The maximum absolute atomic E-state index is 11.9. The molecule has 0 radical (unpaired) electrons. The van der Waals surface area contributed by atoms with Gasteiger partial charge in [0.2, 0.25) is 11.5 Å². The molecule has 0 unspecified atom stereocenters. The van der Waals surface area contributed by atoms with Crippen LogP contribution in [-0.4, -0.2) is 11.7 Å². The van der Waals surface area contributed by atoms with Crippen LogP contribution in [0.2, 0.25) is 0 Å². The highest BCUT2D eigenvalue weighted by atomic mass is 16.5. The summed E-state index contributed by atoms with van der Waals surface area (Å²) in [6.07, 6.45) is 1.07. The van der Waals surface area contributed by atoms with Crippen molar-refractivity contribution in [1.82, 2.24) is 0 Å². The average Bonchev–Trinajstić information content (AvgIpc) is 2.45. The van der Waals surface area contributed by atoms with Crippen molar-refractivity contribution in [2.45, 2.75) is 20.3 Å². The van der Waals surface area contributed by atoms with Gasteiger partial charge in [-0.25, -0.2) is 0 Å². The summed E-state index contributed by atoms with van der Waals surface area (Å²) < 4.78 is 0.585. The highest BCUT2D eigenvalue weighted by Gasteiger charge is 2.18. The summed E-state index contributed by atoms with van der Waals surface area (Å²) in [5, 5.41) is 14.0. The zero-order chi connectivity index (χ0) is 15.4. The number of rotatable bonds is 4. The van der Waals surface area contributed by atoms with E-state index in [1.54, 1.807) is 24.3 Å². The van der Waals surface area contributed by atoms with Crippen LogP contribution in [0.1, 0.15) is 16.8 Å². The number of hydrogen-bond acceptors (Lipinski definition) is 3. The molecule has 2 rings (SSSR count). The molecule has 1 aromatic heterocycles. The van der Waals surface area contributed by atoms with Crippen LogP contribution in [-0.2, 0) is 16.0 Å². The Kier molecular flexibility index (Phi) is 4.33. The summed E-state index contributed by atoms with van der Waals surface area (Å²) in [6, 6.07) is 10.2. The van der Waals surface area contributed by atoms with Crippen molar-refractivity contribution in [3.05, 3.63) is 64.6 Å². The molecule has 1 N–H and O–H groups in total. The van der Waals surface area contributed by atoms with Crippen molar-refractivity contribution in [2.75, 3.05) is 5.32 Å². The van der Waals surface area contributed by atoms with Crippen LogP contribution in [0.5, 0.6) is 0 Å². The van der Waals surface area contributed by atoms with E-state index in [9.17, 15) is 14.8 Å². The Morgan fingerprint density at radius 3 is 2.57 bits per heavy atom. The summed E-state index contributed by atoms with van der Waals surface area (Å²) in [6.45, 7) is 3.89. The van der Waals surface area contributed by atoms with Crippen LogP contribution >= 0.6 is 0 Å². The van der Waals surface area contributed by atoms with Gasteiger partial charge in [0.05, 0.1) is 0 Å². The molecular weight excluding hydrogens is 268 g/mol. The number of benzene rings is 1. The molecule has 1 aromatic carbocycles. The van der Waals surface area contributed by atoms with E-state index in [1.807, 2.05) is 19.9 Å². The van der Waals surface area contributed by atoms with Crippen LogP contribution < -0.4 is 10.0 Å². The predicted molar refractivity (Wildman–Crippen MR) is 78.7 cm³/mol. The van der Waals surface area contributed by atoms with Crippen LogP contribution in [0.25, 0.3) is 0 Å². The lowest BCUT2D eigenvalue weighted by Gasteiger charge is -2.07. The van der Waals surface area contributed by atoms with E-state index in [0.717, 1.165) is 11.1 Å². The maximum Gasteiger partial charge on any atom is 0.292 e. The number of carbonyl (C=O) groups is 2. The third kappa shape index (κ3) is 3.66. The second-order valence-corrected chi connectivity index (χ2v) is 4.87. The first-order chi connectivity index (χ1) is 9.97. The van der Waals surface area contributed by atoms with E-state index in [0.29, 0.717) is 10.4 Å². The Bertz CT molecular complexity index is 696. The minimum absolute atomic E-state index is 0.221. The fourth-order valence-electron chi connectivity index (χ4n) is 1.87. The lowest BCUT2D eigenvalue weighted by molar-refractivity contribution is -0.613. The van der Waals surface area contributed by atoms with Gasteiger partial charge in [0.1, 0.15) is 6.42 Å². The standard InChI is InChI=1S/C16H16N2O3/c1-11-6-7-13(9-12(11)2)17-16(20)15(19)10-14-5-3-4-8-18(14)21/h3-9H,10H2,1-2H3,(H,17,20). The number of Topliss-reactive ketones (excluding diaryl/α,β-unsaturated/α-hetero) is 1. The number of nitrogens with zero attached hydrogens (tertiary/aromatic N) is 1. The second kappa shape index (κ2) is 6.17. The molecular formula is C16H16N2O3. The number of hydrogen-bond donors (Lipinski definition) is 1. The van der Waals surface area contributed by atoms with Crippen LogP contribution in [0.4, 0.5) is 5.69 Å². The number of amides is 1. The fourth-order valence-corrected chi connectivity index (χ4v) is 1.87. The van der Waals surface area contributed by atoms with E-state index in [4.69, 9.17) is 0 Å². The van der Waals surface area contributed by atoms with Crippen LogP contribution in [0.3, 0.4) is 0 Å². The first kappa shape index (κ1) is 14.7. The number of aromatic nitrogens is 1. The number of anilines is 1. The molecule has 2 aromatic rings. The van der Waals surface area contributed by atoms with Gasteiger partial charge >= 0.3 is 0 Å². The number of pyridine rings is 1. The van der Waals surface area contributed by atoms with Gasteiger partial charge in [0.15, 0.2) is 6.20 Å². The zero-order valence-electron chi connectivity index (χ0n) is 11.9. The van der Waals surface area contributed by atoms with Gasteiger partial charge in [-0.05, 0) is 43.2 Å². The third-order valence-electron chi connectivity index (χ3n) is 3.26. The Balaban J connectivity index is 2.04. The Hall–Kier alpha value is -2.69. The Morgan fingerprint density at radius 2 is 1.90 bits per heavy atom. The number of carbonyl (C=O) groups excluding carboxylic acids is 2. The molecule has 5 nitrogen and oxygen atoms in total. The molecule has 5 heteroatoms. The van der Waals surface area contributed by atoms with Gasteiger partial charge in [0, 0.05) is 17.8 Å². The summed E-state index contributed by atoms with van der Waals surface area (Å²) in [7, 11) is 0. The van der Waals surface area contributed by atoms with Crippen molar-refractivity contribution >= 4 is 17.4 Å². The SMILES string of the molecule is Cc1ccc(NC(=O)C(=O)Cc2cccc[n+]2[O-])cc1C. The zero-order valence-corrected chi connectivity index (χ0v) is 11.9. The Morgan fingerprint density at radius 1 is 1.14 bits per heavy atom. The van der Waals surface area contributed by atoms with E-state index in [1.165, 1.54) is 12.3 Å². The normalized spacial score (nSPS) is 10.2. The number of nitrogens with one attached hydrogen (secondary N) is 1. The molecule has 1 amide bonds. The molecule has 0 aliphatic rings. The van der Waals surface area contributed by atoms with Crippen LogP contribution in [0.15, 0.2) is 42.6 Å². The molecule has 1 heterocycles. The van der Waals surface area contributed by atoms with Gasteiger partial charge in [-0.1, -0.05) is 6.07 Å². The van der Waals surface area contributed by atoms with E-state index in [2.05, 4.69) is 5.32 Å². The minimum atomic E-state index is -0.720. The van der Waals surface area contributed by atoms with Crippen molar-refractivity contribution in [3.63, 3.8) is 0 Å². The molecule has 0 aliphatic carbocycles. The molecule has 0 bridgehead atoms. The molecule has 108 valence electrons. The lowest BCUT2D eigenvalue weighted by atomic mass is 10.1. The largest absolute Gasteiger partial charge is 0.618 e. The van der Waals surface area contributed by atoms with Gasteiger partial charge in [-0.3, -0.25) is 9.59 Å². The monoisotopic (exact) mass is 284 g/mol. The van der Waals surface area contributed by atoms with Gasteiger partial charge in [0.25, 0.3) is 5.91 Å². The second-order valence-electron chi connectivity index (χ2n) is 4.87. The molecule has 0 spiro atoms. The van der Waals surface area contributed by atoms with Gasteiger partial charge in [-0.15, -0.1) is 0 Å². The van der Waals surface area contributed by atoms with Crippen LogP contribution in [0, 0.1) is 19.1 Å². The lowest BCUT2D eigenvalue weighted by Crippen LogP contribution is -2.35. The number of aryl methyl sites for hydroxylation is 2. The van der Waals surface area contributed by atoms with Crippen molar-refractivity contribution in [3.8, 4) is 0 Å². The maximum atomic E-state index is 11.9. The smallest absolute Gasteiger partial charge is 0.292 e. The van der Waals surface area contributed by atoms with Crippen molar-refractivity contribution < 1.29 is 14.3 Å². The fraction of sp³-hybridized carbons (Fsp3) is 0.188. The molecule has 21 heavy (non-hydrogen) atoms. The van der Waals surface area contributed by atoms with Gasteiger partial charge in [-0.2, -0.15) is 4.73 Å². The summed E-state index contributed by atoms with van der Waals surface area (Å²) in [4.78, 5) is 23.7. The molecule has 0 fully saturated rings. The number of ketones is 1. The first-order valence-corrected chi connectivity index (χ1v) is 6.56. The molecule has 0 atom stereocenters. The van der Waals surface area contributed by atoms with E-state index >= 15 is 0 Å². The van der Waals surface area contributed by atoms with Crippen molar-refractivity contribution in [1.29, 1.82) is 0 Å². The van der Waals surface area contributed by atoms with E-state index < -0.39 is 11.7 Å². The molecule has 0 saturated heterocycles. The molecule has 0 aliphatic heterocycles. The first-order valence-electron chi connectivity index (χ1n) is 6.56. The summed E-state index contributed by atoms with van der Waals surface area (Å²) >= 11 is 0. The predicted octanol–water partition coefficient (Wildman–Crippen LogP) is 1.69. The molecule has 0 saturated carbocycles. The highest BCUT2D eigenvalue weighted by molar-refractivity contribution is 6.40. The third-order valence-corrected chi connectivity index (χ3v) is 3.26. The Labute approximate surface area is 122 Å². The average molecular weight is 284 g/mol. The summed E-state index contributed by atoms with van der Waals surface area (Å²) in [5.41, 5.74) is 2.95. The van der Waals surface area contributed by atoms with Crippen molar-refractivity contribution in [2.24, 2.45) is 0 Å².